The van der Waals surface area contributed by atoms with Gasteiger partial charge in [0.1, 0.15) is 0 Å². The van der Waals surface area contributed by atoms with Crippen LogP contribution in [0, 0.1) is 0 Å². The van der Waals surface area contributed by atoms with E-state index < -0.39 is 0 Å². The van der Waals surface area contributed by atoms with E-state index in [9.17, 15) is 0 Å². The van der Waals surface area contributed by atoms with E-state index in [0.717, 1.165) is 23.1 Å². The Labute approximate surface area is 153 Å². The second kappa shape index (κ2) is 7.75. The summed E-state index contributed by atoms with van der Waals surface area (Å²) in [6.07, 6.45) is 0. The minimum Gasteiger partial charge on any atom is -0.383 e. The zero-order chi connectivity index (χ0) is 17.1. The van der Waals surface area contributed by atoms with Crippen molar-refractivity contribution >= 4 is 28.9 Å². The van der Waals surface area contributed by atoms with Gasteiger partial charge in [-0.2, -0.15) is 0 Å². The lowest BCUT2D eigenvalue weighted by molar-refractivity contribution is 0.0745. The highest BCUT2D eigenvalue weighted by Crippen LogP contribution is 2.35. The molecule has 0 amide bonds. The number of anilines is 1. The van der Waals surface area contributed by atoms with Gasteiger partial charge in [-0.1, -0.05) is 35.3 Å². The maximum Gasteiger partial charge on any atom is 0.0720 e. The number of likely N-dealkylation sites (N-methyl/N-ethyl adjacent to an activating group) is 1. The largest absolute Gasteiger partial charge is 0.383 e. The van der Waals surface area contributed by atoms with Crippen molar-refractivity contribution in [3.63, 3.8) is 0 Å². The Balaban J connectivity index is 2.01. The average Bonchev–Trinajstić information content (AvgIpc) is 2.58. The molecule has 0 aliphatic carbocycles. The highest BCUT2D eigenvalue weighted by Gasteiger charge is 2.36. The summed E-state index contributed by atoms with van der Waals surface area (Å²) in [6.45, 7) is 2.61. The van der Waals surface area contributed by atoms with Crippen LogP contribution in [-0.2, 0) is 4.74 Å². The lowest BCUT2D eigenvalue weighted by Crippen LogP contribution is -2.55. The molecule has 0 N–H and O–H groups in total. The number of hydrogen-bond acceptors (Lipinski definition) is 3. The zero-order valence-corrected chi connectivity index (χ0v) is 15.5. The molecule has 1 aliphatic rings. The van der Waals surface area contributed by atoms with E-state index in [-0.39, 0.29) is 12.1 Å². The number of halogens is 2. The summed E-state index contributed by atoms with van der Waals surface area (Å²) in [7, 11) is 3.92. The van der Waals surface area contributed by atoms with E-state index in [1.165, 1.54) is 11.3 Å². The highest BCUT2D eigenvalue weighted by molar-refractivity contribution is 6.30. The SMILES string of the molecule is COC[C@@H]1[C@H](c2ccc(Cl)cc2)N(c2ccc(Cl)cc2)CCN1C. The quantitative estimate of drug-likeness (QED) is 0.793. The summed E-state index contributed by atoms with van der Waals surface area (Å²) in [5, 5.41) is 1.51. The first-order chi connectivity index (χ1) is 11.6. The monoisotopic (exact) mass is 364 g/mol. The molecule has 1 fully saturated rings. The molecule has 1 heterocycles. The van der Waals surface area contributed by atoms with Gasteiger partial charge in [-0.25, -0.2) is 0 Å². The first-order valence-electron chi connectivity index (χ1n) is 8.07. The molecule has 2 atom stereocenters. The van der Waals surface area contributed by atoms with Gasteiger partial charge in [0.25, 0.3) is 0 Å². The molecule has 0 radical (unpaired) electrons. The van der Waals surface area contributed by atoms with E-state index in [2.05, 4.69) is 41.1 Å². The number of methoxy groups -OCH3 is 1. The first kappa shape index (κ1) is 17.6. The van der Waals surface area contributed by atoms with Crippen LogP contribution in [-0.4, -0.2) is 44.8 Å². The molecule has 0 unspecified atom stereocenters. The van der Waals surface area contributed by atoms with E-state index in [0.29, 0.717) is 6.61 Å². The number of nitrogens with zero attached hydrogens (tertiary/aromatic N) is 2. The van der Waals surface area contributed by atoms with Crippen LogP contribution in [0.2, 0.25) is 10.0 Å². The Kier molecular flexibility index (Phi) is 5.67. The predicted molar refractivity (Wildman–Crippen MR) is 101 cm³/mol. The van der Waals surface area contributed by atoms with Crippen molar-refractivity contribution in [1.82, 2.24) is 4.90 Å². The van der Waals surface area contributed by atoms with Crippen molar-refractivity contribution in [3.8, 4) is 0 Å². The van der Waals surface area contributed by atoms with Crippen LogP contribution < -0.4 is 4.90 Å². The fourth-order valence-corrected chi connectivity index (χ4v) is 3.64. The van der Waals surface area contributed by atoms with Gasteiger partial charge in [0.05, 0.1) is 18.7 Å². The Morgan fingerprint density at radius 3 is 2.12 bits per heavy atom. The molecule has 0 bridgehead atoms. The standard InChI is InChI=1S/C19H22Cl2N2O/c1-22-11-12-23(17-9-7-16(21)8-10-17)19(18(22)13-24-2)14-3-5-15(20)6-4-14/h3-10,18-19H,11-13H2,1-2H3/t18-,19+/m1/s1. The van der Waals surface area contributed by atoms with E-state index in [1.807, 2.05) is 24.3 Å². The number of hydrogen-bond donors (Lipinski definition) is 0. The molecular weight excluding hydrogens is 343 g/mol. The van der Waals surface area contributed by atoms with Crippen LogP contribution in [0.1, 0.15) is 11.6 Å². The minimum absolute atomic E-state index is 0.196. The van der Waals surface area contributed by atoms with Gasteiger partial charge < -0.3 is 9.64 Å². The minimum atomic E-state index is 0.196. The van der Waals surface area contributed by atoms with Crippen molar-refractivity contribution in [1.29, 1.82) is 0 Å². The summed E-state index contributed by atoms with van der Waals surface area (Å²) in [4.78, 5) is 4.80. The molecular formula is C19H22Cl2N2O. The predicted octanol–water partition coefficient (Wildman–Crippen LogP) is 4.50. The zero-order valence-electron chi connectivity index (χ0n) is 14.0. The summed E-state index contributed by atoms with van der Waals surface area (Å²) in [5.74, 6) is 0. The third kappa shape index (κ3) is 3.70. The second-order valence-corrected chi connectivity index (χ2v) is 7.04. The fraction of sp³-hybridized carbons (Fsp3) is 0.368. The number of rotatable bonds is 4. The highest BCUT2D eigenvalue weighted by atomic mass is 35.5. The maximum atomic E-state index is 6.08. The lowest BCUT2D eigenvalue weighted by Gasteiger charge is -2.47. The van der Waals surface area contributed by atoms with Gasteiger partial charge in [0.15, 0.2) is 0 Å². The Morgan fingerprint density at radius 2 is 1.54 bits per heavy atom. The summed E-state index contributed by atoms with van der Waals surface area (Å²) < 4.78 is 5.52. The van der Waals surface area contributed by atoms with Crippen LogP contribution >= 0.6 is 23.2 Å². The van der Waals surface area contributed by atoms with Crippen LogP contribution in [0.3, 0.4) is 0 Å². The molecule has 3 rings (SSSR count). The molecule has 3 nitrogen and oxygen atoms in total. The van der Waals surface area contributed by atoms with Crippen LogP contribution in [0.5, 0.6) is 0 Å². The van der Waals surface area contributed by atoms with Crippen molar-refractivity contribution < 1.29 is 4.74 Å². The normalized spacial score (nSPS) is 21.9. The molecule has 0 aromatic heterocycles. The van der Waals surface area contributed by atoms with Gasteiger partial charge in [0, 0.05) is 35.9 Å². The number of piperazine rings is 1. The molecule has 128 valence electrons. The van der Waals surface area contributed by atoms with Crippen molar-refractivity contribution in [2.45, 2.75) is 12.1 Å². The maximum absolute atomic E-state index is 6.08. The van der Waals surface area contributed by atoms with Gasteiger partial charge in [0.2, 0.25) is 0 Å². The van der Waals surface area contributed by atoms with E-state index in [1.54, 1.807) is 7.11 Å². The van der Waals surface area contributed by atoms with E-state index in [4.69, 9.17) is 27.9 Å². The van der Waals surface area contributed by atoms with Gasteiger partial charge in [-0.05, 0) is 49.0 Å². The van der Waals surface area contributed by atoms with Crippen molar-refractivity contribution in [2.24, 2.45) is 0 Å². The number of benzene rings is 2. The number of ether oxygens (including phenoxy) is 1. The summed E-state index contributed by atoms with van der Waals surface area (Å²) >= 11 is 12.1. The topological polar surface area (TPSA) is 15.7 Å². The summed E-state index contributed by atoms with van der Waals surface area (Å²) in [5.41, 5.74) is 2.41. The second-order valence-electron chi connectivity index (χ2n) is 6.17. The van der Waals surface area contributed by atoms with Gasteiger partial charge >= 0.3 is 0 Å². The molecule has 2 aromatic rings. The van der Waals surface area contributed by atoms with Gasteiger partial charge in [-0.15, -0.1) is 0 Å². The van der Waals surface area contributed by atoms with Gasteiger partial charge in [-0.3, -0.25) is 4.90 Å². The third-order valence-electron chi connectivity index (χ3n) is 4.67. The Bertz CT molecular complexity index is 660. The molecule has 0 saturated carbocycles. The molecule has 1 aliphatic heterocycles. The molecule has 2 aromatic carbocycles. The summed E-state index contributed by atoms with van der Waals surface area (Å²) in [6, 6.07) is 16.6. The molecule has 5 heteroatoms. The van der Waals surface area contributed by atoms with Crippen molar-refractivity contribution in [3.05, 3.63) is 64.1 Å². The van der Waals surface area contributed by atoms with Crippen LogP contribution in [0.4, 0.5) is 5.69 Å². The molecule has 24 heavy (non-hydrogen) atoms. The fourth-order valence-electron chi connectivity index (χ4n) is 3.39. The van der Waals surface area contributed by atoms with Crippen LogP contribution in [0.15, 0.2) is 48.5 Å². The smallest absolute Gasteiger partial charge is 0.0720 e. The average molecular weight is 365 g/mol. The van der Waals surface area contributed by atoms with Crippen LogP contribution in [0.25, 0.3) is 0 Å². The molecule has 1 saturated heterocycles. The lowest BCUT2D eigenvalue weighted by atomic mass is 9.94. The van der Waals surface area contributed by atoms with E-state index >= 15 is 0 Å². The first-order valence-corrected chi connectivity index (χ1v) is 8.82. The Morgan fingerprint density at radius 1 is 0.958 bits per heavy atom. The Hall–Kier alpha value is -1.26. The van der Waals surface area contributed by atoms with Crippen molar-refractivity contribution in [2.75, 3.05) is 38.8 Å². The molecule has 0 spiro atoms. The third-order valence-corrected chi connectivity index (χ3v) is 5.17.